The smallest absolute Gasteiger partial charge is 0.333 e. The number of carboxylic acids is 1. The van der Waals surface area contributed by atoms with E-state index in [1.54, 1.807) is 36.1 Å². The Labute approximate surface area is 217 Å². The van der Waals surface area contributed by atoms with Gasteiger partial charge in [-0.05, 0) is 73.2 Å². The molecule has 2 N–H and O–H groups in total. The number of urea groups is 1. The monoisotopic (exact) mass is 522 g/mol. The van der Waals surface area contributed by atoms with Gasteiger partial charge in [-0.3, -0.25) is 4.90 Å². The van der Waals surface area contributed by atoms with Gasteiger partial charge >= 0.3 is 12.0 Å². The second-order valence-electron chi connectivity index (χ2n) is 7.80. The number of hydrogen-bond acceptors (Lipinski definition) is 5. The average Bonchev–Trinajstić information content (AvgIpc) is 2.85. The molecule has 0 heterocycles. The van der Waals surface area contributed by atoms with E-state index in [1.165, 1.54) is 0 Å². The van der Waals surface area contributed by atoms with Gasteiger partial charge in [-0.15, -0.1) is 0 Å². The molecule has 0 bridgehead atoms. The summed E-state index contributed by atoms with van der Waals surface area (Å²) in [5.41, 5.74) is 1.65. The summed E-state index contributed by atoms with van der Waals surface area (Å²) in [6.07, 6.45) is 1.47. The molecule has 0 aliphatic rings. The van der Waals surface area contributed by atoms with Gasteiger partial charge in [0.1, 0.15) is 12.4 Å². The molecule has 35 heavy (non-hydrogen) atoms. The van der Waals surface area contributed by atoms with Gasteiger partial charge in [0.05, 0.1) is 6.54 Å². The van der Waals surface area contributed by atoms with E-state index in [0.717, 1.165) is 35.6 Å². The maximum atomic E-state index is 12.9. The van der Waals surface area contributed by atoms with E-state index in [2.05, 4.69) is 12.2 Å². The fourth-order valence-electron chi connectivity index (χ4n) is 3.32. The Morgan fingerprint density at radius 3 is 2.43 bits per heavy atom. The van der Waals surface area contributed by atoms with Crippen LogP contribution in [0.3, 0.4) is 0 Å². The van der Waals surface area contributed by atoms with Gasteiger partial charge in [0.2, 0.25) is 0 Å². The third-order valence-corrected chi connectivity index (χ3v) is 6.56. The molecular formula is C26H35ClN2O5S. The van der Waals surface area contributed by atoms with Crippen molar-refractivity contribution >= 4 is 41.1 Å². The molecule has 0 fully saturated rings. The lowest BCUT2D eigenvalue weighted by Crippen LogP contribution is -2.42. The van der Waals surface area contributed by atoms with Crippen molar-refractivity contribution in [1.29, 1.82) is 0 Å². The van der Waals surface area contributed by atoms with Crippen LogP contribution in [0, 0.1) is 0 Å². The Kier molecular flexibility index (Phi) is 13.4. The van der Waals surface area contributed by atoms with Gasteiger partial charge in [0, 0.05) is 30.3 Å². The molecule has 1 unspecified atom stereocenters. The lowest BCUT2D eigenvalue weighted by molar-refractivity contribution is -0.149. The first-order valence-corrected chi connectivity index (χ1v) is 13.4. The summed E-state index contributed by atoms with van der Waals surface area (Å²) in [5, 5.41) is 12.8. The third kappa shape index (κ3) is 10.8. The predicted octanol–water partition coefficient (Wildman–Crippen LogP) is 5.50. The van der Waals surface area contributed by atoms with E-state index < -0.39 is 12.1 Å². The maximum absolute atomic E-state index is 12.9. The fraction of sp³-hybridized carbons (Fsp3) is 0.462. The number of benzene rings is 2. The topological polar surface area (TPSA) is 88.1 Å². The van der Waals surface area contributed by atoms with E-state index in [0.29, 0.717) is 37.1 Å². The molecule has 0 aliphatic carbocycles. The van der Waals surface area contributed by atoms with Crippen LogP contribution >= 0.6 is 23.4 Å². The second-order valence-corrected chi connectivity index (χ2v) is 9.47. The summed E-state index contributed by atoms with van der Waals surface area (Å²) in [6.45, 7) is 5.55. The summed E-state index contributed by atoms with van der Waals surface area (Å²) >= 11 is 7.91. The summed E-state index contributed by atoms with van der Waals surface area (Å²) in [7, 11) is 0. The Hall–Kier alpha value is -2.42. The minimum absolute atomic E-state index is 0.178. The van der Waals surface area contributed by atoms with E-state index in [9.17, 15) is 14.7 Å². The van der Waals surface area contributed by atoms with Gasteiger partial charge in [-0.2, -0.15) is 11.8 Å². The van der Waals surface area contributed by atoms with Crippen molar-refractivity contribution in [3.63, 3.8) is 0 Å². The normalized spacial score (nSPS) is 11.6. The quantitative estimate of drug-likeness (QED) is 0.283. The number of carboxylic acid groups (broad SMARTS) is 1. The molecule has 0 aromatic heterocycles. The molecule has 9 heteroatoms. The predicted molar refractivity (Wildman–Crippen MR) is 143 cm³/mol. The summed E-state index contributed by atoms with van der Waals surface area (Å²) in [4.78, 5) is 25.9. The Balaban J connectivity index is 1.83. The van der Waals surface area contributed by atoms with Gasteiger partial charge < -0.3 is 19.9 Å². The van der Waals surface area contributed by atoms with Gasteiger partial charge in [0.15, 0.2) is 6.10 Å². The summed E-state index contributed by atoms with van der Waals surface area (Å²) < 4.78 is 11.0. The van der Waals surface area contributed by atoms with E-state index >= 15 is 0 Å². The molecule has 2 aromatic rings. The van der Waals surface area contributed by atoms with Crippen molar-refractivity contribution in [3.8, 4) is 5.75 Å². The highest BCUT2D eigenvalue weighted by atomic mass is 35.5. The zero-order valence-electron chi connectivity index (χ0n) is 20.4. The van der Waals surface area contributed by atoms with Crippen LogP contribution in [0.1, 0.15) is 32.3 Å². The molecule has 1 atom stereocenters. The number of rotatable bonds is 16. The molecular weight excluding hydrogens is 488 g/mol. The maximum Gasteiger partial charge on any atom is 0.333 e. The Morgan fingerprint density at radius 1 is 1.09 bits per heavy atom. The van der Waals surface area contributed by atoms with Crippen molar-refractivity contribution in [2.45, 2.75) is 39.2 Å². The van der Waals surface area contributed by atoms with Crippen LogP contribution in [0.15, 0.2) is 48.5 Å². The SMILES string of the molecule is CCCSCCCN(C(=O)NCCOc1ccc(CC(OCC)C(=O)O)cc1)c1ccc(Cl)cc1. The Morgan fingerprint density at radius 2 is 1.80 bits per heavy atom. The molecule has 2 aromatic carbocycles. The molecule has 0 spiro atoms. The number of nitrogens with zero attached hydrogens (tertiary/aromatic N) is 1. The first-order chi connectivity index (χ1) is 16.9. The van der Waals surface area contributed by atoms with Crippen LogP contribution in [-0.2, 0) is 16.0 Å². The largest absolute Gasteiger partial charge is 0.492 e. The number of amides is 2. The van der Waals surface area contributed by atoms with Crippen LogP contribution < -0.4 is 15.0 Å². The standard InChI is InChI=1S/C26H35ClN2O5S/c1-3-17-35-18-5-15-29(22-10-8-21(27)9-11-22)26(32)28-14-16-34-23-12-6-20(7-13-23)19-24(25(30)31)33-4-2/h6-13,24H,3-5,14-19H2,1-2H3,(H,28,32)(H,30,31). The number of hydrogen-bond donors (Lipinski definition) is 2. The average molecular weight is 523 g/mol. The zero-order chi connectivity index (χ0) is 25.5. The van der Waals surface area contributed by atoms with E-state index in [-0.39, 0.29) is 12.5 Å². The molecule has 0 saturated heterocycles. The zero-order valence-corrected chi connectivity index (χ0v) is 21.9. The molecule has 0 saturated carbocycles. The first-order valence-electron chi connectivity index (χ1n) is 11.9. The van der Waals surface area contributed by atoms with Crippen molar-refractivity contribution in [1.82, 2.24) is 5.32 Å². The third-order valence-electron chi connectivity index (χ3n) is 5.04. The van der Waals surface area contributed by atoms with Crippen LogP contribution in [0.5, 0.6) is 5.75 Å². The van der Waals surface area contributed by atoms with Crippen molar-refractivity contribution in [2.75, 3.05) is 42.7 Å². The van der Waals surface area contributed by atoms with Crippen molar-refractivity contribution in [2.24, 2.45) is 0 Å². The lowest BCUT2D eigenvalue weighted by Gasteiger charge is -2.23. The number of aliphatic carboxylic acids is 1. The summed E-state index contributed by atoms with van der Waals surface area (Å²) in [5.74, 6) is 1.80. The molecule has 2 rings (SSSR count). The van der Waals surface area contributed by atoms with Crippen LogP contribution in [0.2, 0.25) is 5.02 Å². The van der Waals surface area contributed by atoms with E-state index in [4.69, 9.17) is 21.1 Å². The summed E-state index contributed by atoms with van der Waals surface area (Å²) in [6, 6.07) is 14.3. The fourth-order valence-corrected chi connectivity index (χ4v) is 4.27. The number of nitrogens with one attached hydrogen (secondary N) is 1. The minimum atomic E-state index is -0.977. The number of carbonyl (C=O) groups excluding carboxylic acids is 1. The second kappa shape index (κ2) is 16.3. The van der Waals surface area contributed by atoms with Gasteiger partial charge in [-0.25, -0.2) is 9.59 Å². The highest BCUT2D eigenvalue weighted by Crippen LogP contribution is 2.19. The van der Waals surface area contributed by atoms with Crippen LogP contribution in [-0.4, -0.2) is 61.0 Å². The number of thioether (sulfide) groups is 1. The van der Waals surface area contributed by atoms with Crippen LogP contribution in [0.4, 0.5) is 10.5 Å². The van der Waals surface area contributed by atoms with Crippen molar-refractivity contribution < 1.29 is 24.2 Å². The molecule has 192 valence electrons. The Bertz CT molecular complexity index is 896. The number of anilines is 1. The molecule has 0 aliphatic heterocycles. The van der Waals surface area contributed by atoms with Crippen molar-refractivity contribution in [3.05, 3.63) is 59.1 Å². The number of ether oxygens (including phenoxy) is 2. The highest BCUT2D eigenvalue weighted by molar-refractivity contribution is 7.99. The molecule has 0 radical (unpaired) electrons. The first kappa shape index (κ1) is 28.8. The lowest BCUT2D eigenvalue weighted by atomic mass is 10.1. The minimum Gasteiger partial charge on any atom is -0.492 e. The molecule has 2 amide bonds. The number of carbonyl (C=O) groups is 2. The van der Waals surface area contributed by atoms with Gasteiger partial charge in [0.25, 0.3) is 0 Å². The molecule has 7 nitrogen and oxygen atoms in total. The highest BCUT2D eigenvalue weighted by Gasteiger charge is 2.18. The van der Waals surface area contributed by atoms with Crippen LogP contribution in [0.25, 0.3) is 0 Å². The van der Waals surface area contributed by atoms with Gasteiger partial charge in [-0.1, -0.05) is 30.7 Å². The number of halogens is 1. The van der Waals surface area contributed by atoms with E-state index in [1.807, 2.05) is 36.0 Å².